The number of fused-ring (bicyclic) bond motifs is 2. The molecular formula is C26H26N8O. The van der Waals surface area contributed by atoms with Gasteiger partial charge in [0, 0.05) is 29.6 Å². The van der Waals surface area contributed by atoms with Gasteiger partial charge in [0.1, 0.15) is 29.7 Å². The van der Waals surface area contributed by atoms with Crippen LogP contribution < -0.4 is 15.4 Å². The molecule has 1 saturated heterocycles. The van der Waals surface area contributed by atoms with Crippen molar-refractivity contribution in [2.75, 3.05) is 18.4 Å². The Morgan fingerprint density at radius 1 is 1.06 bits per heavy atom. The molecule has 0 saturated carbocycles. The summed E-state index contributed by atoms with van der Waals surface area (Å²) in [5.74, 6) is 3.15. The summed E-state index contributed by atoms with van der Waals surface area (Å²) in [5, 5.41) is 11.0. The van der Waals surface area contributed by atoms with Crippen LogP contribution in [0.4, 0.5) is 11.5 Å². The summed E-state index contributed by atoms with van der Waals surface area (Å²) in [5.41, 5.74) is 5.36. The van der Waals surface area contributed by atoms with E-state index >= 15 is 0 Å². The van der Waals surface area contributed by atoms with Crippen molar-refractivity contribution < 1.29 is 4.74 Å². The number of anilines is 2. The third kappa shape index (κ3) is 4.26. The Labute approximate surface area is 202 Å². The number of aryl methyl sites for hydroxylation is 1. The Balaban J connectivity index is 1.26. The second-order valence-corrected chi connectivity index (χ2v) is 9.04. The van der Waals surface area contributed by atoms with Crippen molar-refractivity contribution in [3.63, 3.8) is 0 Å². The highest BCUT2D eigenvalue weighted by Crippen LogP contribution is 2.32. The zero-order chi connectivity index (χ0) is 23.8. The highest BCUT2D eigenvalue weighted by Gasteiger charge is 2.24. The SMILES string of the molecule is Cc1cc(Nc2ncnc3ccc(C4CCNCC4C)nc23)ccc1Oc1ccn2ncnc2c1. The van der Waals surface area contributed by atoms with Crippen LogP contribution in [0.25, 0.3) is 16.7 Å². The average Bonchev–Trinajstić information content (AvgIpc) is 3.34. The molecule has 2 atom stereocenters. The van der Waals surface area contributed by atoms with Crippen molar-refractivity contribution in [1.82, 2.24) is 34.9 Å². The van der Waals surface area contributed by atoms with Gasteiger partial charge in [0.2, 0.25) is 0 Å². The maximum absolute atomic E-state index is 6.10. The molecule has 0 radical (unpaired) electrons. The van der Waals surface area contributed by atoms with E-state index in [4.69, 9.17) is 9.72 Å². The van der Waals surface area contributed by atoms with Crippen LogP contribution in [-0.4, -0.2) is 42.6 Å². The first-order valence-corrected chi connectivity index (χ1v) is 11.8. The Morgan fingerprint density at radius 2 is 2.00 bits per heavy atom. The molecule has 0 spiro atoms. The zero-order valence-corrected chi connectivity index (χ0v) is 19.6. The Hall–Kier alpha value is -4.11. The number of aromatic nitrogens is 6. The van der Waals surface area contributed by atoms with Gasteiger partial charge in [0.25, 0.3) is 0 Å². The van der Waals surface area contributed by atoms with E-state index in [2.05, 4.69) is 43.7 Å². The minimum Gasteiger partial charge on any atom is -0.457 e. The van der Waals surface area contributed by atoms with Crippen molar-refractivity contribution in [2.24, 2.45) is 5.92 Å². The lowest BCUT2D eigenvalue weighted by Crippen LogP contribution is -2.34. The molecular weight excluding hydrogens is 440 g/mol. The molecule has 6 rings (SSSR count). The van der Waals surface area contributed by atoms with Crippen LogP contribution in [0.1, 0.15) is 30.5 Å². The van der Waals surface area contributed by atoms with E-state index < -0.39 is 0 Å². The van der Waals surface area contributed by atoms with Crippen molar-refractivity contribution in [1.29, 1.82) is 0 Å². The minimum absolute atomic E-state index is 0.435. The second-order valence-electron chi connectivity index (χ2n) is 9.04. The predicted molar refractivity (Wildman–Crippen MR) is 134 cm³/mol. The van der Waals surface area contributed by atoms with Gasteiger partial charge in [0.15, 0.2) is 11.5 Å². The summed E-state index contributed by atoms with van der Waals surface area (Å²) in [6.07, 6.45) is 6.01. The summed E-state index contributed by atoms with van der Waals surface area (Å²) in [6, 6.07) is 13.9. The highest BCUT2D eigenvalue weighted by atomic mass is 16.5. The third-order valence-electron chi connectivity index (χ3n) is 6.59. The Kier molecular flexibility index (Phi) is 5.46. The van der Waals surface area contributed by atoms with E-state index in [0.717, 1.165) is 58.9 Å². The molecule has 9 nitrogen and oxygen atoms in total. The molecule has 176 valence electrons. The van der Waals surface area contributed by atoms with Gasteiger partial charge < -0.3 is 15.4 Å². The number of hydrogen-bond donors (Lipinski definition) is 2. The first-order chi connectivity index (χ1) is 17.1. The van der Waals surface area contributed by atoms with Gasteiger partial charge in [-0.05, 0) is 74.3 Å². The van der Waals surface area contributed by atoms with Gasteiger partial charge in [-0.15, -0.1) is 0 Å². The topological polar surface area (TPSA) is 102 Å². The molecule has 5 aromatic rings. The monoisotopic (exact) mass is 466 g/mol. The number of ether oxygens (including phenoxy) is 1. The predicted octanol–water partition coefficient (Wildman–Crippen LogP) is 4.62. The normalized spacial score (nSPS) is 18.1. The van der Waals surface area contributed by atoms with Gasteiger partial charge in [-0.25, -0.2) is 24.5 Å². The molecule has 0 bridgehead atoms. The standard InChI is InChI=1S/C26H26N8O/c1-16-11-18(3-6-23(16)35-19-8-10-34-24(12-19)29-15-31-34)32-26-25-22(28-14-30-26)5-4-21(33-25)20-7-9-27-13-17(20)2/h3-6,8,10-12,14-15,17,20,27H,7,9,13H2,1-2H3,(H,28,30,32). The van der Waals surface area contributed by atoms with E-state index in [-0.39, 0.29) is 0 Å². The smallest absolute Gasteiger partial charge is 0.160 e. The van der Waals surface area contributed by atoms with Crippen LogP contribution in [0.5, 0.6) is 11.5 Å². The lowest BCUT2D eigenvalue weighted by molar-refractivity contribution is 0.345. The van der Waals surface area contributed by atoms with E-state index in [1.54, 1.807) is 10.8 Å². The van der Waals surface area contributed by atoms with Crippen LogP contribution in [0.2, 0.25) is 0 Å². The summed E-state index contributed by atoms with van der Waals surface area (Å²) in [4.78, 5) is 18.2. The number of benzene rings is 1. The first kappa shape index (κ1) is 21.4. The second kappa shape index (κ2) is 8.92. The molecule has 1 aliphatic heterocycles. The maximum atomic E-state index is 6.10. The maximum Gasteiger partial charge on any atom is 0.160 e. The van der Waals surface area contributed by atoms with Gasteiger partial charge in [-0.1, -0.05) is 6.92 Å². The van der Waals surface area contributed by atoms with Crippen LogP contribution in [0, 0.1) is 12.8 Å². The number of rotatable bonds is 5. The molecule has 1 fully saturated rings. The molecule has 4 aromatic heterocycles. The quantitative estimate of drug-likeness (QED) is 0.387. The zero-order valence-electron chi connectivity index (χ0n) is 19.6. The van der Waals surface area contributed by atoms with Crippen LogP contribution in [0.3, 0.4) is 0 Å². The van der Waals surface area contributed by atoms with Gasteiger partial charge in [-0.2, -0.15) is 5.10 Å². The van der Waals surface area contributed by atoms with Crippen molar-refractivity contribution in [3.8, 4) is 11.5 Å². The fraction of sp³-hybridized carbons (Fsp3) is 0.269. The lowest BCUT2D eigenvalue weighted by atomic mass is 9.85. The number of piperidine rings is 1. The van der Waals surface area contributed by atoms with Crippen LogP contribution >= 0.6 is 0 Å². The third-order valence-corrected chi connectivity index (χ3v) is 6.59. The number of nitrogens with zero attached hydrogens (tertiary/aromatic N) is 6. The van der Waals surface area contributed by atoms with Gasteiger partial charge >= 0.3 is 0 Å². The summed E-state index contributed by atoms with van der Waals surface area (Å²) >= 11 is 0. The van der Waals surface area contributed by atoms with E-state index in [9.17, 15) is 0 Å². The fourth-order valence-corrected chi connectivity index (χ4v) is 4.67. The van der Waals surface area contributed by atoms with Gasteiger partial charge in [-0.3, -0.25) is 0 Å². The molecule has 5 heterocycles. The number of nitrogens with one attached hydrogen (secondary N) is 2. The lowest BCUT2D eigenvalue weighted by Gasteiger charge is -2.29. The molecule has 1 aliphatic rings. The van der Waals surface area contributed by atoms with Crippen LogP contribution in [0.15, 0.2) is 61.3 Å². The van der Waals surface area contributed by atoms with Crippen LogP contribution in [-0.2, 0) is 0 Å². The molecule has 35 heavy (non-hydrogen) atoms. The average molecular weight is 467 g/mol. The Morgan fingerprint density at radius 3 is 2.89 bits per heavy atom. The summed E-state index contributed by atoms with van der Waals surface area (Å²) in [7, 11) is 0. The molecule has 1 aromatic carbocycles. The highest BCUT2D eigenvalue weighted by molar-refractivity contribution is 5.87. The molecule has 0 amide bonds. The molecule has 9 heteroatoms. The number of pyridine rings is 2. The minimum atomic E-state index is 0.435. The van der Waals surface area contributed by atoms with Crippen molar-refractivity contribution in [2.45, 2.75) is 26.2 Å². The van der Waals surface area contributed by atoms with Crippen molar-refractivity contribution in [3.05, 3.63) is 72.6 Å². The summed E-state index contributed by atoms with van der Waals surface area (Å²) in [6.45, 7) is 6.33. The Bertz CT molecular complexity index is 1510. The summed E-state index contributed by atoms with van der Waals surface area (Å²) < 4.78 is 7.80. The van der Waals surface area contributed by atoms with Crippen molar-refractivity contribution >= 4 is 28.2 Å². The molecule has 2 unspecified atom stereocenters. The first-order valence-electron chi connectivity index (χ1n) is 11.8. The molecule has 2 N–H and O–H groups in total. The van der Waals surface area contributed by atoms with E-state index in [1.807, 2.05) is 49.5 Å². The van der Waals surface area contributed by atoms with E-state index in [1.165, 1.54) is 6.33 Å². The number of hydrogen-bond acceptors (Lipinski definition) is 8. The molecule has 0 aliphatic carbocycles. The van der Waals surface area contributed by atoms with E-state index in [0.29, 0.717) is 23.4 Å². The fourth-order valence-electron chi connectivity index (χ4n) is 4.67. The largest absolute Gasteiger partial charge is 0.457 e. The van der Waals surface area contributed by atoms with Gasteiger partial charge in [0.05, 0.1) is 5.52 Å².